The molecule has 8 nitrogen and oxygen atoms in total. The summed E-state index contributed by atoms with van der Waals surface area (Å²) >= 11 is 0. The van der Waals surface area contributed by atoms with Gasteiger partial charge in [-0.05, 0) is 56.4 Å². The molecule has 0 atom stereocenters. The highest BCUT2D eigenvalue weighted by molar-refractivity contribution is 7.90. The number of guanidine groups is 1. The first-order valence-corrected chi connectivity index (χ1v) is 10.4. The molecule has 28 heavy (non-hydrogen) atoms. The van der Waals surface area contributed by atoms with E-state index in [1.807, 2.05) is 26.2 Å². The predicted octanol–water partition coefficient (Wildman–Crippen LogP) is 1.61. The van der Waals surface area contributed by atoms with Gasteiger partial charge in [0.2, 0.25) is 0 Å². The van der Waals surface area contributed by atoms with Gasteiger partial charge in [0.05, 0.1) is 0 Å². The minimum absolute atomic E-state index is 0.0574. The number of nitrogens with zero attached hydrogens (tertiary/aromatic N) is 1. The summed E-state index contributed by atoms with van der Waals surface area (Å²) in [7, 11) is 0.349. The molecule has 0 aliphatic heterocycles. The first-order chi connectivity index (χ1) is 13.1. The molecule has 0 aliphatic carbocycles. The van der Waals surface area contributed by atoms with Crippen LogP contribution in [0.15, 0.2) is 47.4 Å². The van der Waals surface area contributed by atoms with Crippen LogP contribution in [-0.2, 0) is 16.3 Å². The number of carbonyl (C=O) groups excluding carboxylic acids is 1. The van der Waals surface area contributed by atoms with Gasteiger partial charge in [-0.15, -0.1) is 0 Å². The van der Waals surface area contributed by atoms with Crippen LogP contribution in [-0.4, -0.2) is 52.1 Å². The number of rotatable bonds is 7. The van der Waals surface area contributed by atoms with Gasteiger partial charge in [-0.3, -0.25) is 15.5 Å². The Bertz CT molecular complexity index is 970. The lowest BCUT2D eigenvalue weighted by molar-refractivity contribution is 0.0976. The van der Waals surface area contributed by atoms with E-state index in [0.29, 0.717) is 5.75 Å². The highest BCUT2D eigenvalue weighted by Gasteiger charge is 2.19. The number of amides is 1. The van der Waals surface area contributed by atoms with Crippen LogP contribution < -0.4 is 15.8 Å². The Morgan fingerprint density at radius 1 is 1.18 bits per heavy atom. The van der Waals surface area contributed by atoms with Crippen LogP contribution >= 0.6 is 0 Å². The maximum Gasteiger partial charge on any atom is 0.257 e. The summed E-state index contributed by atoms with van der Waals surface area (Å²) in [6.45, 7) is 0.919. The number of benzene rings is 2. The molecule has 1 amide bonds. The van der Waals surface area contributed by atoms with Crippen molar-refractivity contribution in [1.82, 2.24) is 10.2 Å². The summed E-state index contributed by atoms with van der Waals surface area (Å²) in [6, 6.07) is 11.4. The molecule has 0 heterocycles. The Balaban J connectivity index is 2.27. The molecule has 0 saturated carbocycles. The Kier molecular flexibility index (Phi) is 6.76. The summed E-state index contributed by atoms with van der Waals surface area (Å²) in [5, 5.41) is 9.23. The zero-order valence-corrected chi connectivity index (χ0v) is 16.8. The molecule has 4 N–H and O–H groups in total. The third-order valence-electron chi connectivity index (χ3n) is 3.85. The fraction of sp³-hybridized carbons (Fsp3) is 0.263. The molecule has 0 fully saturated rings. The highest BCUT2D eigenvalue weighted by Crippen LogP contribution is 2.30. The summed E-state index contributed by atoms with van der Waals surface area (Å²) in [5.74, 6) is -0.600. The second-order valence-electron chi connectivity index (χ2n) is 6.60. The quantitative estimate of drug-likeness (QED) is 0.475. The summed E-state index contributed by atoms with van der Waals surface area (Å²) in [5.41, 5.74) is 6.34. The molecule has 9 heteroatoms. The molecule has 2 rings (SSSR count). The lowest BCUT2D eigenvalue weighted by atomic mass is 10.1. The first-order valence-electron chi connectivity index (χ1n) is 8.47. The minimum Gasteiger partial charge on any atom is -0.456 e. The minimum atomic E-state index is -3.66. The number of carbonyl (C=O) groups is 1. The number of ether oxygens (including phenoxy) is 1. The topological polar surface area (TPSA) is 126 Å². The van der Waals surface area contributed by atoms with Gasteiger partial charge in [0.1, 0.15) is 16.4 Å². The number of nitrogens with two attached hydrogens (primary N) is 1. The average Bonchev–Trinajstić information content (AvgIpc) is 2.60. The molecule has 0 aromatic heterocycles. The molecule has 0 aliphatic rings. The second kappa shape index (κ2) is 8.85. The maximum atomic E-state index is 12.2. The molecule has 2 aromatic carbocycles. The van der Waals surface area contributed by atoms with Crippen LogP contribution in [0.1, 0.15) is 15.9 Å². The lowest BCUT2D eigenvalue weighted by Gasteiger charge is -2.13. The van der Waals surface area contributed by atoms with Gasteiger partial charge in [-0.2, -0.15) is 0 Å². The normalized spacial score (nSPS) is 11.3. The zero-order valence-electron chi connectivity index (χ0n) is 16.0. The van der Waals surface area contributed by atoms with Crippen molar-refractivity contribution in [3.63, 3.8) is 0 Å². The summed E-state index contributed by atoms with van der Waals surface area (Å²) in [4.78, 5) is 13.9. The van der Waals surface area contributed by atoms with E-state index in [-0.39, 0.29) is 16.2 Å². The van der Waals surface area contributed by atoms with Gasteiger partial charge in [0.25, 0.3) is 5.91 Å². The fourth-order valence-corrected chi connectivity index (χ4v) is 3.24. The average molecular weight is 404 g/mol. The third-order valence-corrected chi connectivity index (χ3v) is 4.97. The van der Waals surface area contributed by atoms with Gasteiger partial charge in [-0.25, -0.2) is 8.42 Å². The maximum absolute atomic E-state index is 12.2. The van der Waals surface area contributed by atoms with Crippen LogP contribution in [0, 0.1) is 5.41 Å². The smallest absolute Gasteiger partial charge is 0.257 e. The summed E-state index contributed by atoms with van der Waals surface area (Å²) in [6.07, 6.45) is 1.92. The molecule has 0 bridgehead atoms. The Labute approximate surface area is 164 Å². The highest BCUT2D eigenvalue weighted by atomic mass is 32.2. The monoisotopic (exact) mass is 404 g/mol. The number of hydrogen-bond donors (Lipinski definition) is 3. The molecule has 0 radical (unpaired) electrons. The van der Waals surface area contributed by atoms with Crippen molar-refractivity contribution in [2.24, 2.45) is 5.73 Å². The summed E-state index contributed by atoms with van der Waals surface area (Å²) < 4.78 is 30.1. The van der Waals surface area contributed by atoms with Gasteiger partial charge >= 0.3 is 0 Å². The fourth-order valence-electron chi connectivity index (χ4n) is 2.42. The largest absolute Gasteiger partial charge is 0.456 e. The Hall–Kier alpha value is -2.91. The van der Waals surface area contributed by atoms with E-state index >= 15 is 0 Å². The van der Waals surface area contributed by atoms with Crippen molar-refractivity contribution in [2.75, 3.05) is 26.9 Å². The van der Waals surface area contributed by atoms with Crippen molar-refractivity contribution in [3.8, 4) is 11.5 Å². The van der Waals surface area contributed by atoms with E-state index in [4.69, 9.17) is 15.9 Å². The van der Waals surface area contributed by atoms with Crippen molar-refractivity contribution in [2.45, 2.75) is 11.3 Å². The molecular weight excluding hydrogens is 380 g/mol. The zero-order chi connectivity index (χ0) is 20.9. The van der Waals surface area contributed by atoms with Crippen LogP contribution in [0.25, 0.3) is 0 Å². The predicted molar refractivity (Wildman–Crippen MR) is 108 cm³/mol. The van der Waals surface area contributed by atoms with E-state index in [1.54, 1.807) is 12.1 Å². The number of nitrogens with one attached hydrogen (secondary N) is 2. The van der Waals surface area contributed by atoms with Crippen LogP contribution in [0.2, 0.25) is 0 Å². The number of hydrogen-bond acceptors (Lipinski definition) is 6. The first kappa shape index (κ1) is 21.4. The van der Waals surface area contributed by atoms with Gasteiger partial charge in [0.15, 0.2) is 15.8 Å². The van der Waals surface area contributed by atoms with Crippen molar-refractivity contribution < 1.29 is 17.9 Å². The standard InChI is InChI=1S/C19H24N4O4S/c1-23(2)11-10-13-4-7-15(8-5-13)27-16-9-6-14(18(24)22-19(20)21)12-17(16)28(3,25)26/h4-9,12H,10-11H2,1-3H3,(H4,20,21,22,24). The molecule has 0 unspecified atom stereocenters. The molecule has 0 spiro atoms. The van der Waals surface area contributed by atoms with Crippen molar-refractivity contribution in [3.05, 3.63) is 53.6 Å². The second-order valence-corrected chi connectivity index (χ2v) is 8.58. The van der Waals surface area contributed by atoms with Gasteiger partial charge in [0, 0.05) is 18.4 Å². The third kappa shape index (κ3) is 6.07. The van der Waals surface area contributed by atoms with E-state index in [1.165, 1.54) is 18.2 Å². The van der Waals surface area contributed by atoms with E-state index in [0.717, 1.165) is 24.8 Å². The molecule has 150 valence electrons. The SMILES string of the molecule is CN(C)CCc1ccc(Oc2ccc(C(=O)NC(=N)N)cc2S(C)(=O)=O)cc1. The van der Waals surface area contributed by atoms with Crippen LogP contribution in [0.5, 0.6) is 11.5 Å². The van der Waals surface area contributed by atoms with Crippen molar-refractivity contribution >= 4 is 21.7 Å². The Morgan fingerprint density at radius 3 is 2.36 bits per heavy atom. The van der Waals surface area contributed by atoms with Gasteiger partial charge in [-0.1, -0.05) is 12.1 Å². The number of sulfone groups is 1. The molecule has 0 saturated heterocycles. The number of likely N-dealkylation sites (N-methyl/N-ethyl adjacent to an activating group) is 1. The van der Waals surface area contributed by atoms with E-state index in [9.17, 15) is 13.2 Å². The molecule has 2 aromatic rings. The molecular formula is C19H24N4O4S. The van der Waals surface area contributed by atoms with Crippen LogP contribution in [0.4, 0.5) is 0 Å². The van der Waals surface area contributed by atoms with Crippen molar-refractivity contribution in [1.29, 1.82) is 5.41 Å². The van der Waals surface area contributed by atoms with E-state index in [2.05, 4.69) is 10.2 Å². The van der Waals surface area contributed by atoms with Gasteiger partial charge < -0.3 is 15.4 Å². The van der Waals surface area contributed by atoms with E-state index < -0.39 is 21.7 Å². The lowest BCUT2D eigenvalue weighted by Crippen LogP contribution is -2.35. The Morgan fingerprint density at radius 2 is 1.82 bits per heavy atom. The van der Waals surface area contributed by atoms with Crippen LogP contribution in [0.3, 0.4) is 0 Å².